The van der Waals surface area contributed by atoms with E-state index in [0.717, 1.165) is 0 Å². The second-order valence-corrected chi connectivity index (χ2v) is 5.59. The van der Waals surface area contributed by atoms with Crippen LogP contribution in [0, 0.1) is 0 Å². The van der Waals surface area contributed by atoms with E-state index in [1.54, 1.807) is 7.11 Å². The Morgan fingerprint density at radius 2 is 1.93 bits per heavy atom. The molecule has 92 valence electrons. The van der Waals surface area contributed by atoms with Crippen LogP contribution in [0.5, 0.6) is 0 Å². The van der Waals surface area contributed by atoms with E-state index in [9.17, 15) is 8.42 Å². The second-order valence-electron chi connectivity index (χ2n) is 3.67. The summed E-state index contributed by atoms with van der Waals surface area (Å²) in [7, 11) is -1.56. The van der Waals surface area contributed by atoms with Gasteiger partial charge in [0.1, 0.15) is 0 Å². The number of hydrogen-bond acceptors (Lipinski definition) is 4. The maximum Gasteiger partial charge on any atom is 0.211 e. The van der Waals surface area contributed by atoms with Gasteiger partial charge in [-0.2, -0.15) is 0 Å². The van der Waals surface area contributed by atoms with Crippen LogP contribution in [-0.2, 0) is 14.8 Å². The van der Waals surface area contributed by atoms with Crippen molar-refractivity contribution in [3.8, 4) is 0 Å². The van der Waals surface area contributed by atoms with Gasteiger partial charge in [-0.05, 0) is 6.42 Å². The quantitative estimate of drug-likeness (QED) is 0.552. The third-order valence-corrected chi connectivity index (χ3v) is 3.23. The first-order chi connectivity index (χ1) is 6.98. The summed E-state index contributed by atoms with van der Waals surface area (Å²) < 4.78 is 30.0. The summed E-state index contributed by atoms with van der Waals surface area (Å²) >= 11 is 0. The summed E-state index contributed by atoms with van der Waals surface area (Å²) in [6.45, 7) is 5.61. The Kier molecular flexibility index (Phi) is 7.95. The van der Waals surface area contributed by atoms with Crippen LogP contribution >= 0.6 is 0 Å². The van der Waals surface area contributed by atoms with Crippen molar-refractivity contribution < 1.29 is 13.2 Å². The zero-order valence-electron chi connectivity index (χ0n) is 9.75. The predicted molar refractivity (Wildman–Crippen MR) is 61.4 cm³/mol. The molecule has 0 spiro atoms. The van der Waals surface area contributed by atoms with E-state index in [4.69, 9.17) is 4.74 Å². The lowest BCUT2D eigenvalue weighted by atomic mass is 10.4. The third-order valence-electron chi connectivity index (χ3n) is 1.76. The monoisotopic (exact) mass is 238 g/mol. The summed E-state index contributed by atoms with van der Waals surface area (Å²) in [5, 5.41) is 3.13. The van der Waals surface area contributed by atoms with Crippen molar-refractivity contribution in [1.82, 2.24) is 10.0 Å². The van der Waals surface area contributed by atoms with Crippen LogP contribution < -0.4 is 10.0 Å². The zero-order valence-corrected chi connectivity index (χ0v) is 10.6. The highest BCUT2D eigenvalue weighted by molar-refractivity contribution is 7.89. The first kappa shape index (κ1) is 14.8. The van der Waals surface area contributed by atoms with Gasteiger partial charge in [0.15, 0.2) is 0 Å². The average Bonchev–Trinajstić information content (AvgIpc) is 2.13. The molecule has 0 aromatic carbocycles. The molecular formula is C9H22N2O3S. The molecule has 0 atom stereocenters. The topological polar surface area (TPSA) is 67.4 Å². The molecule has 0 bridgehead atoms. The van der Waals surface area contributed by atoms with E-state index in [2.05, 4.69) is 10.0 Å². The molecule has 0 aliphatic carbocycles. The third kappa shape index (κ3) is 10.1. The molecule has 2 N–H and O–H groups in total. The first-order valence-corrected chi connectivity index (χ1v) is 6.83. The minimum Gasteiger partial charge on any atom is -0.385 e. The van der Waals surface area contributed by atoms with Crippen LogP contribution in [-0.4, -0.2) is 47.0 Å². The number of methoxy groups -OCH3 is 1. The van der Waals surface area contributed by atoms with E-state index < -0.39 is 10.0 Å². The summed E-state index contributed by atoms with van der Waals surface area (Å²) in [4.78, 5) is 0. The molecule has 0 aliphatic rings. The van der Waals surface area contributed by atoms with E-state index in [1.807, 2.05) is 13.8 Å². The standard InChI is InChI=1S/C9H22N2O3S/c1-9(2)10-5-6-11-15(12,13)8-4-7-14-3/h9-11H,4-8H2,1-3H3. The largest absolute Gasteiger partial charge is 0.385 e. The van der Waals surface area contributed by atoms with Crippen LogP contribution in [0.4, 0.5) is 0 Å². The Bertz CT molecular complexity index is 240. The van der Waals surface area contributed by atoms with Gasteiger partial charge in [0.25, 0.3) is 0 Å². The Labute approximate surface area is 92.6 Å². The minimum absolute atomic E-state index is 0.127. The van der Waals surface area contributed by atoms with Crippen molar-refractivity contribution in [3.05, 3.63) is 0 Å². The lowest BCUT2D eigenvalue weighted by Crippen LogP contribution is -2.35. The van der Waals surface area contributed by atoms with Crippen LogP contribution in [0.25, 0.3) is 0 Å². The van der Waals surface area contributed by atoms with Gasteiger partial charge < -0.3 is 10.1 Å². The van der Waals surface area contributed by atoms with Crippen LogP contribution in [0.15, 0.2) is 0 Å². The van der Waals surface area contributed by atoms with Gasteiger partial charge in [-0.25, -0.2) is 13.1 Å². The Morgan fingerprint density at radius 3 is 2.47 bits per heavy atom. The van der Waals surface area contributed by atoms with Crippen molar-refractivity contribution in [2.24, 2.45) is 0 Å². The molecule has 0 rings (SSSR count). The Balaban J connectivity index is 3.56. The minimum atomic E-state index is -3.12. The highest BCUT2D eigenvalue weighted by Crippen LogP contribution is 1.89. The average molecular weight is 238 g/mol. The molecule has 0 amide bonds. The van der Waals surface area contributed by atoms with Gasteiger partial charge in [-0.1, -0.05) is 13.8 Å². The summed E-state index contributed by atoms with van der Waals surface area (Å²) in [5.74, 6) is 0.127. The number of nitrogens with one attached hydrogen (secondary N) is 2. The molecule has 0 saturated heterocycles. The van der Waals surface area contributed by atoms with Crippen molar-refractivity contribution >= 4 is 10.0 Å². The van der Waals surface area contributed by atoms with Crippen LogP contribution in [0.1, 0.15) is 20.3 Å². The molecule has 0 fully saturated rings. The second kappa shape index (κ2) is 8.04. The molecule has 15 heavy (non-hydrogen) atoms. The number of ether oxygens (including phenoxy) is 1. The van der Waals surface area contributed by atoms with Crippen LogP contribution in [0.2, 0.25) is 0 Å². The van der Waals surface area contributed by atoms with Gasteiger partial charge in [-0.15, -0.1) is 0 Å². The maximum atomic E-state index is 11.4. The van der Waals surface area contributed by atoms with Crippen molar-refractivity contribution in [2.75, 3.05) is 32.6 Å². The van der Waals surface area contributed by atoms with Gasteiger partial charge in [0, 0.05) is 32.8 Å². The van der Waals surface area contributed by atoms with Crippen molar-refractivity contribution in [3.63, 3.8) is 0 Å². The van der Waals surface area contributed by atoms with Gasteiger partial charge in [-0.3, -0.25) is 0 Å². The summed E-state index contributed by atoms with van der Waals surface area (Å²) in [6, 6.07) is 0.378. The van der Waals surface area contributed by atoms with Crippen LogP contribution in [0.3, 0.4) is 0 Å². The van der Waals surface area contributed by atoms with E-state index in [-0.39, 0.29) is 5.75 Å². The molecule has 0 aromatic heterocycles. The zero-order chi connectivity index (χ0) is 11.7. The maximum absolute atomic E-state index is 11.4. The Hall–Kier alpha value is -0.170. The molecule has 6 heteroatoms. The van der Waals surface area contributed by atoms with Crippen molar-refractivity contribution in [1.29, 1.82) is 0 Å². The fourth-order valence-electron chi connectivity index (χ4n) is 1.03. The molecule has 0 heterocycles. The lowest BCUT2D eigenvalue weighted by Gasteiger charge is -2.09. The predicted octanol–water partition coefficient (Wildman–Crippen LogP) is -0.0597. The highest BCUT2D eigenvalue weighted by atomic mass is 32.2. The molecule has 0 unspecified atom stereocenters. The highest BCUT2D eigenvalue weighted by Gasteiger charge is 2.08. The van der Waals surface area contributed by atoms with E-state index in [1.165, 1.54) is 0 Å². The number of hydrogen-bond donors (Lipinski definition) is 2. The van der Waals surface area contributed by atoms with Gasteiger partial charge in [0.05, 0.1) is 5.75 Å². The molecular weight excluding hydrogens is 216 g/mol. The molecule has 0 radical (unpaired) electrons. The fourth-order valence-corrected chi connectivity index (χ4v) is 2.09. The number of rotatable bonds is 9. The van der Waals surface area contributed by atoms with E-state index in [0.29, 0.717) is 32.2 Å². The first-order valence-electron chi connectivity index (χ1n) is 5.17. The number of sulfonamides is 1. The summed E-state index contributed by atoms with van der Waals surface area (Å²) in [6.07, 6.45) is 0.531. The Morgan fingerprint density at radius 1 is 1.27 bits per heavy atom. The van der Waals surface area contributed by atoms with Gasteiger partial charge in [0.2, 0.25) is 10.0 Å². The smallest absolute Gasteiger partial charge is 0.211 e. The summed E-state index contributed by atoms with van der Waals surface area (Å²) in [5.41, 5.74) is 0. The van der Waals surface area contributed by atoms with E-state index >= 15 is 0 Å². The molecule has 0 saturated carbocycles. The lowest BCUT2D eigenvalue weighted by molar-refractivity contribution is 0.199. The SMILES string of the molecule is COCCCS(=O)(=O)NCCNC(C)C. The fraction of sp³-hybridized carbons (Fsp3) is 1.00. The van der Waals surface area contributed by atoms with Gasteiger partial charge >= 0.3 is 0 Å². The normalized spacial score (nSPS) is 12.3. The molecule has 0 aromatic rings. The van der Waals surface area contributed by atoms with Crippen molar-refractivity contribution in [2.45, 2.75) is 26.3 Å². The molecule has 0 aliphatic heterocycles. The molecule has 5 nitrogen and oxygen atoms in total.